The van der Waals surface area contributed by atoms with E-state index in [0.717, 1.165) is 6.42 Å². The van der Waals surface area contributed by atoms with Crippen LogP contribution in [0.1, 0.15) is 49.6 Å². The van der Waals surface area contributed by atoms with Gasteiger partial charge in [0.05, 0.1) is 8.99 Å². The van der Waals surface area contributed by atoms with Crippen molar-refractivity contribution in [1.82, 2.24) is 5.32 Å². The van der Waals surface area contributed by atoms with E-state index in [-0.39, 0.29) is 5.41 Å². The molecule has 0 amide bonds. The van der Waals surface area contributed by atoms with Crippen molar-refractivity contribution >= 4 is 33.9 Å². The summed E-state index contributed by atoms with van der Waals surface area (Å²) in [5.41, 5.74) is 1.83. The summed E-state index contributed by atoms with van der Waals surface area (Å²) in [5, 5.41) is 3.90. The molecule has 0 radical (unpaired) electrons. The molecule has 0 spiro atoms. The fraction of sp³-hybridized carbons (Fsp3) is 0.733. The molecule has 2 nitrogen and oxygen atoms in total. The fourth-order valence-corrected chi connectivity index (χ4v) is 5.63. The van der Waals surface area contributed by atoms with Crippen molar-refractivity contribution in [2.45, 2.75) is 57.7 Å². The molecule has 1 N–H and O–H groups in total. The van der Waals surface area contributed by atoms with Crippen LogP contribution in [0, 0.1) is 8.30 Å². The Hall–Kier alpha value is 0.350. The standard InChI is InChI=1S/C15H22INOS/c1-15(2)12(8-13(15)18-3)17-10-5-4-6-11-9(10)7-14(16)19-11/h7,10,12-13,17H,4-6,8H2,1-3H3. The van der Waals surface area contributed by atoms with Crippen LogP contribution in [0.3, 0.4) is 0 Å². The lowest BCUT2D eigenvalue weighted by Gasteiger charge is -2.52. The van der Waals surface area contributed by atoms with Crippen molar-refractivity contribution in [3.63, 3.8) is 0 Å². The molecule has 0 aliphatic heterocycles. The molecule has 3 rings (SSSR count). The number of aryl methyl sites for hydroxylation is 1. The van der Waals surface area contributed by atoms with Crippen LogP contribution in [0.2, 0.25) is 0 Å². The Balaban J connectivity index is 1.72. The highest BCUT2D eigenvalue weighted by molar-refractivity contribution is 14.1. The Morgan fingerprint density at radius 1 is 1.47 bits per heavy atom. The average Bonchev–Trinajstić information content (AvgIpc) is 2.74. The molecule has 1 aromatic rings. The van der Waals surface area contributed by atoms with Crippen LogP contribution in [0.25, 0.3) is 0 Å². The highest BCUT2D eigenvalue weighted by Gasteiger charge is 2.49. The topological polar surface area (TPSA) is 21.3 Å². The van der Waals surface area contributed by atoms with Crippen molar-refractivity contribution in [3.05, 3.63) is 19.4 Å². The predicted octanol–water partition coefficient (Wildman–Crippen LogP) is 4.13. The molecule has 2 aliphatic carbocycles. The molecular formula is C15H22INOS. The Morgan fingerprint density at radius 2 is 2.26 bits per heavy atom. The van der Waals surface area contributed by atoms with Gasteiger partial charge in [-0.25, -0.2) is 0 Å². The van der Waals surface area contributed by atoms with Gasteiger partial charge in [0.15, 0.2) is 0 Å². The lowest BCUT2D eigenvalue weighted by Crippen LogP contribution is -2.61. The van der Waals surface area contributed by atoms with Gasteiger partial charge in [0.2, 0.25) is 0 Å². The molecule has 0 aromatic carbocycles. The van der Waals surface area contributed by atoms with E-state index in [1.165, 1.54) is 22.1 Å². The number of methoxy groups -OCH3 is 1. The van der Waals surface area contributed by atoms with E-state index in [2.05, 4.69) is 47.8 Å². The van der Waals surface area contributed by atoms with Crippen molar-refractivity contribution in [2.75, 3.05) is 7.11 Å². The highest BCUT2D eigenvalue weighted by Crippen LogP contribution is 2.45. The molecule has 3 unspecified atom stereocenters. The quantitative estimate of drug-likeness (QED) is 0.783. The van der Waals surface area contributed by atoms with E-state index in [1.807, 2.05) is 18.4 Å². The third-order valence-corrected chi connectivity index (χ3v) is 6.92. The van der Waals surface area contributed by atoms with Gasteiger partial charge in [-0.1, -0.05) is 13.8 Å². The van der Waals surface area contributed by atoms with Gasteiger partial charge in [-0.2, -0.15) is 0 Å². The van der Waals surface area contributed by atoms with Crippen molar-refractivity contribution < 1.29 is 4.74 Å². The number of ether oxygens (including phenoxy) is 1. The lowest BCUT2D eigenvalue weighted by atomic mass is 9.64. The summed E-state index contributed by atoms with van der Waals surface area (Å²) >= 11 is 4.43. The molecule has 1 aromatic heterocycles. The van der Waals surface area contributed by atoms with Gasteiger partial charge in [-0.3, -0.25) is 0 Å². The maximum Gasteiger partial charge on any atom is 0.0659 e. The maximum atomic E-state index is 5.56. The zero-order valence-corrected chi connectivity index (χ0v) is 14.8. The number of nitrogens with one attached hydrogen (secondary N) is 1. The summed E-state index contributed by atoms with van der Waals surface area (Å²) in [6.07, 6.45) is 5.44. The molecule has 0 bridgehead atoms. The first kappa shape index (κ1) is 14.3. The summed E-state index contributed by atoms with van der Waals surface area (Å²) in [4.78, 5) is 1.61. The third kappa shape index (κ3) is 2.49. The summed E-state index contributed by atoms with van der Waals surface area (Å²) < 4.78 is 6.98. The van der Waals surface area contributed by atoms with E-state index in [4.69, 9.17) is 4.74 Å². The molecule has 0 saturated heterocycles. The van der Waals surface area contributed by atoms with Crippen LogP contribution in [-0.2, 0) is 11.2 Å². The Kier molecular flexibility index (Phi) is 3.97. The Bertz CT molecular complexity index is 471. The monoisotopic (exact) mass is 391 g/mol. The molecule has 106 valence electrons. The van der Waals surface area contributed by atoms with Crippen LogP contribution in [0.5, 0.6) is 0 Å². The predicted molar refractivity (Wildman–Crippen MR) is 88.8 cm³/mol. The van der Waals surface area contributed by atoms with E-state index in [9.17, 15) is 0 Å². The Morgan fingerprint density at radius 3 is 2.95 bits per heavy atom. The minimum Gasteiger partial charge on any atom is -0.381 e. The zero-order chi connectivity index (χ0) is 13.6. The summed E-state index contributed by atoms with van der Waals surface area (Å²) in [7, 11) is 1.84. The van der Waals surface area contributed by atoms with E-state index >= 15 is 0 Å². The molecule has 3 atom stereocenters. The van der Waals surface area contributed by atoms with Gasteiger partial charge in [0.1, 0.15) is 0 Å². The molecule has 1 fully saturated rings. The summed E-state index contributed by atoms with van der Waals surface area (Å²) in [6, 6.07) is 3.54. The zero-order valence-electron chi connectivity index (χ0n) is 11.8. The van der Waals surface area contributed by atoms with Gasteiger partial charge in [0.25, 0.3) is 0 Å². The van der Waals surface area contributed by atoms with E-state index < -0.39 is 0 Å². The second kappa shape index (κ2) is 5.28. The molecule has 1 saturated carbocycles. The van der Waals surface area contributed by atoms with Gasteiger partial charge in [-0.15, -0.1) is 11.3 Å². The molecule has 19 heavy (non-hydrogen) atoms. The molecular weight excluding hydrogens is 369 g/mol. The smallest absolute Gasteiger partial charge is 0.0659 e. The third-order valence-electron chi connectivity index (χ3n) is 4.95. The number of thiophene rings is 1. The van der Waals surface area contributed by atoms with Gasteiger partial charge >= 0.3 is 0 Å². The van der Waals surface area contributed by atoms with Crippen molar-refractivity contribution in [2.24, 2.45) is 5.41 Å². The van der Waals surface area contributed by atoms with Crippen LogP contribution in [0.15, 0.2) is 6.07 Å². The van der Waals surface area contributed by atoms with E-state index in [1.54, 1.807) is 10.4 Å². The van der Waals surface area contributed by atoms with Crippen molar-refractivity contribution in [1.29, 1.82) is 0 Å². The minimum atomic E-state index is 0.259. The minimum absolute atomic E-state index is 0.259. The maximum absolute atomic E-state index is 5.56. The van der Waals surface area contributed by atoms with E-state index in [0.29, 0.717) is 18.2 Å². The number of hydrogen-bond acceptors (Lipinski definition) is 3. The first-order valence-electron chi connectivity index (χ1n) is 7.09. The Labute approximate surface area is 133 Å². The van der Waals surface area contributed by atoms with Gasteiger partial charge in [-0.05, 0) is 59.9 Å². The summed E-state index contributed by atoms with van der Waals surface area (Å²) in [6.45, 7) is 4.65. The average molecular weight is 391 g/mol. The largest absolute Gasteiger partial charge is 0.381 e. The normalized spacial score (nSPS) is 32.7. The summed E-state index contributed by atoms with van der Waals surface area (Å²) in [5.74, 6) is 0. The first-order valence-corrected chi connectivity index (χ1v) is 8.99. The number of hydrogen-bond donors (Lipinski definition) is 1. The number of fused-ring (bicyclic) bond motifs is 1. The second-order valence-corrected chi connectivity index (χ2v) is 9.41. The molecule has 2 aliphatic rings. The molecule has 1 heterocycles. The fourth-order valence-electron chi connectivity index (χ4n) is 3.51. The number of halogens is 1. The van der Waals surface area contributed by atoms with Crippen LogP contribution < -0.4 is 5.32 Å². The first-order chi connectivity index (χ1) is 9.02. The second-order valence-electron chi connectivity index (χ2n) is 6.37. The number of rotatable bonds is 3. The molecule has 4 heteroatoms. The highest BCUT2D eigenvalue weighted by atomic mass is 127. The van der Waals surface area contributed by atoms with Crippen molar-refractivity contribution in [3.8, 4) is 0 Å². The van der Waals surface area contributed by atoms with Gasteiger partial charge in [0, 0.05) is 29.5 Å². The van der Waals surface area contributed by atoms with Crippen LogP contribution in [0.4, 0.5) is 0 Å². The van der Waals surface area contributed by atoms with Gasteiger partial charge < -0.3 is 10.1 Å². The SMILES string of the molecule is COC1CC(NC2CCCc3sc(I)cc32)C1(C)C. The lowest BCUT2D eigenvalue weighted by molar-refractivity contribution is -0.101. The van der Waals surface area contributed by atoms with Crippen LogP contribution in [-0.4, -0.2) is 19.3 Å². The van der Waals surface area contributed by atoms with Crippen LogP contribution >= 0.6 is 33.9 Å².